The highest BCUT2D eigenvalue weighted by atomic mass is 16.5. The van der Waals surface area contributed by atoms with E-state index in [1.165, 1.54) is 0 Å². The van der Waals surface area contributed by atoms with Crippen molar-refractivity contribution in [3.8, 4) is 0 Å². The van der Waals surface area contributed by atoms with Crippen molar-refractivity contribution in [3.05, 3.63) is 17.0 Å². The smallest absolute Gasteiger partial charge is 0.326 e. The Labute approximate surface area is 118 Å². The van der Waals surface area contributed by atoms with Gasteiger partial charge >= 0.3 is 5.97 Å². The van der Waals surface area contributed by atoms with Crippen LogP contribution < -0.4 is 5.32 Å². The van der Waals surface area contributed by atoms with E-state index in [2.05, 4.69) is 10.5 Å². The average molecular weight is 282 g/mol. The molecule has 6 nitrogen and oxygen atoms in total. The maximum Gasteiger partial charge on any atom is 0.326 e. The molecule has 1 heterocycles. The average Bonchev–Trinajstić information content (AvgIpc) is 2.77. The molecule has 6 heteroatoms. The highest BCUT2D eigenvalue weighted by Crippen LogP contribution is 2.16. The Bertz CT molecular complexity index is 458. The summed E-state index contributed by atoms with van der Waals surface area (Å²) in [5.74, 6) is -0.826. The predicted octanol–water partition coefficient (Wildman–Crippen LogP) is 1.57. The molecule has 0 saturated heterocycles. The highest BCUT2D eigenvalue weighted by Gasteiger charge is 2.25. The van der Waals surface area contributed by atoms with Crippen LogP contribution in [-0.2, 0) is 28.9 Å². The van der Waals surface area contributed by atoms with E-state index in [9.17, 15) is 9.59 Å². The number of aromatic nitrogens is 1. The molecule has 1 rings (SSSR count). The molecule has 0 unspecified atom stereocenters. The van der Waals surface area contributed by atoms with E-state index in [-0.39, 0.29) is 18.2 Å². The Hall–Kier alpha value is -1.85. The van der Waals surface area contributed by atoms with E-state index in [1.54, 1.807) is 13.8 Å². The summed E-state index contributed by atoms with van der Waals surface area (Å²) in [5, 5.41) is 15.6. The fourth-order valence-electron chi connectivity index (χ4n) is 2.04. The van der Waals surface area contributed by atoms with Gasteiger partial charge < -0.3 is 14.9 Å². The molecular formula is C14H22N2O4. The van der Waals surface area contributed by atoms with Crippen LogP contribution in [-0.4, -0.2) is 28.2 Å². The molecule has 0 fully saturated rings. The maximum absolute atomic E-state index is 12.0. The zero-order valence-corrected chi connectivity index (χ0v) is 12.4. The van der Waals surface area contributed by atoms with Crippen LogP contribution in [0.15, 0.2) is 4.52 Å². The fourth-order valence-corrected chi connectivity index (χ4v) is 2.04. The van der Waals surface area contributed by atoms with Gasteiger partial charge in [0.15, 0.2) is 0 Å². The van der Waals surface area contributed by atoms with E-state index >= 15 is 0 Å². The van der Waals surface area contributed by atoms with Gasteiger partial charge in [-0.2, -0.15) is 0 Å². The number of rotatable bonds is 7. The maximum atomic E-state index is 12.0. The fraction of sp³-hybridized carbons (Fsp3) is 0.643. The first-order valence-corrected chi connectivity index (χ1v) is 6.89. The van der Waals surface area contributed by atoms with Crippen LogP contribution in [0.1, 0.15) is 44.7 Å². The van der Waals surface area contributed by atoms with Gasteiger partial charge in [-0.15, -0.1) is 0 Å². The number of nitrogens with zero attached hydrogens (tertiary/aromatic N) is 1. The Morgan fingerprint density at radius 2 is 1.95 bits per heavy atom. The molecule has 1 aromatic heterocycles. The largest absolute Gasteiger partial charge is 0.480 e. The molecular weight excluding hydrogens is 260 g/mol. The van der Waals surface area contributed by atoms with Crippen molar-refractivity contribution in [2.24, 2.45) is 5.92 Å². The summed E-state index contributed by atoms with van der Waals surface area (Å²) in [6.07, 6.45) is 1.44. The molecule has 2 N–H and O–H groups in total. The molecule has 0 radical (unpaired) electrons. The Balaban J connectivity index is 2.80. The molecule has 0 bridgehead atoms. The van der Waals surface area contributed by atoms with E-state index < -0.39 is 12.0 Å². The standard InChI is InChI=1S/C14H22N2O4/c1-5-10-9(11(6-2)20-16-10)7-12(17)15-13(8(3)4)14(18)19/h8,13H,5-7H2,1-4H3,(H,15,17)(H,18,19)/t13-/m1/s1. The van der Waals surface area contributed by atoms with Gasteiger partial charge in [-0.3, -0.25) is 4.79 Å². The molecule has 1 amide bonds. The van der Waals surface area contributed by atoms with Gasteiger partial charge in [0, 0.05) is 12.0 Å². The second kappa shape index (κ2) is 7.07. The first-order chi connectivity index (χ1) is 9.40. The van der Waals surface area contributed by atoms with Gasteiger partial charge in [-0.1, -0.05) is 32.9 Å². The van der Waals surface area contributed by atoms with Crippen molar-refractivity contribution in [1.82, 2.24) is 10.5 Å². The van der Waals surface area contributed by atoms with Crippen LogP contribution in [0.2, 0.25) is 0 Å². The van der Waals surface area contributed by atoms with Crippen molar-refractivity contribution in [2.75, 3.05) is 0 Å². The van der Waals surface area contributed by atoms with Crippen LogP contribution in [0, 0.1) is 5.92 Å². The number of carbonyl (C=O) groups excluding carboxylic acids is 1. The zero-order chi connectivity index (χ0) is 15.3. The molecule has 1 atom stereocenters. The number of amides is 1. The van der Waals surface area contributed by atoms with Crippen LogP contribution in [0.25, 0.3) is 0 Å². The van der Waals surface area contributed by atoms with Gasteiger partial charge in [0.2, 0.25) is 5.91 Å². The summed E-state index contributed by atoms with van der Waals surface area (Å²) in [6.45, 7) is 7.38. The zero-order valence-electron chi connectivity index (χ0n) is 12.4. The topological polar surface area (TPSA) is 92.4 Å². The number of carboxylic acids is 1. The number of nitrogens with one attached hydrogen (secondary N) is 1. The Morgan fingerprint density at radius 1 is 1.30 bits per heavy atom. The SMILES string of the molecule is CCc1noc(CC)c1CC(=O)N[C@@H](C(=O)O)C(C)C. The third-order valence-electron chi connectivity index (χ3n) is 3.19. The van der Waals surface area contributed by atoms with Crippen molar-refractivity contribution < 1.29 is 19.2 Å². The third-order valence-corrected chi connectivity index (χ3v) is 3.19. The van der Waals surface area contributed by atoms with E-state index in [0.29, 0.717) is 18.6 Å². The molecule has 0 aliphatic heterocycles. The van der Waals surface area contributed by atoms with E-state index in [4.69, 9.17) is 9.63 Å². The molecule has 0 spiro atoms. The van der Waals surface area contributed by atoms with Crippen LogP contribution >= 0.6 is 0 Å². The second-order valence-corrected chi connectivity index (χ2v) is 5.04. The van der Waals surface area contributed by atoms with Crippen molar-refractivity contribution in [1.29, 1.82) is 0 Å². The Kier molecular flexibility index (Phi) is 5.73. The van der Waals surface area contributed by atoms with Gasteiger partial charge in [-0.25, -0.2) is 4.79 Å². The number of aryl methyl sites for hydroxylation is 2. The normalized spacial score (nSPS) is 12.4. The van der Waals surface area contributed by atoms with Crippen molar-refractivity contribution >= 4 is 11.9 Å². The molecule has 112 valence electrons. The van der Waals surface area contributed by atoms with Crippen LogP contribution in [0.5, 0.6) is 0 Å². The second-order valence-electron chi connectivity index (χ2n) is 5.04. The van der Waals surface area contributed by atoms with Gasteiger partial charge in [0.25, 0.3) is 0 Å². The van der Waals surface area contributed by atoms with Crippen molar-refractivity contribution in [2.45, 2.75) is 53.0 Å². The highest BCUT2D eigenvalue weighted by molar-refractivity contribution is 5.85. The number of hydrogen-bond donors (Lipinski definition) is 2. The summed E-state index contributed by atoms with van der Waals surface area (Å²) in [6, 6.07) is -0.877. The number of carboxylic acid groups (broad SMARTS) is 1. The van der Waals surface area contributed by atoms with E-state index in [1.807, 2.05) is 13.8 Å². The summed E-state index contributed by atoms with van der Waals surface area (Å²) in [5.41, 5.74) is 1.54. The number of hydrogen-bond acceptors (Lipinski definition) is 4. The summed E-state index contributed by atoms with van der Waals surface area (Å²) < 4.78 is 5.19. The summed E-state index contributed by atoms with van der Waals surface area (Å²) in [7, 11) is 0. The molecule has 0 saturated carbocycles. The first kappa shape index (κ1) is 16.2. The minimum Gasteiger partial charge on any atom is -0.480 e. The lowest BCUT2D eigenvalue weighted by atomic mass is 10.0. The first-order valence-electron chi connectivity index (χ1n) is 6.89. The van der Waals surface area contributed by atoms with Gasteiger partial charge in [0.1, 0.15) is 11.8 Å². The molecule has 0 aromatic carbocycles. The lowest BCUT2D eigenvalue weighted by molar-refractivity contribution is -0.143. The summed E-state index contributed by atoms with van der Waals surface area (Å²) in [4.78, 5) is 23.1. The summed E-state index contributed by atoms with van der Waals surface area (Å²) >= 11 is 0. The molecule has 20 heavy (non-hydrogen) atoms. The monoisotopic (exact) mass is 282 g/mol. The number of carbonyl (C=O) groups is 2. The van der Waals surface area contributed by atoms with Gasteiger partial charge in [0.05, 0.1) is 12.1 Å². The minimum absolute atomic E-state index is 0.104. The quantitative estimate of drug-likeness (QED) is 0.792. The van der Waals surface area contributed by atoms with Crippen molar-refractivity contribution in [3.63, 3.8) is 0 Å². The van der Waals surface area contributed by atoms with Gasteiger partial charge in [-0.05, 0) is 12.3 Å². The molecule has 0 aliphatic rings. The van der Waals surface area contributed by atoms with E-state index in [0.717, 1.165) is 11.3 Å². The molecule has 1 aromatic rings. The third kappa shape index (κ3) is 3.82. The van der Waals surface area contributed by atoms with Crippen LogP contribution in [0.3, 0.4) is 0 Å². The van der Waals surface area contributed by atoms with Crippen LogP contribution in [0.4, 0.5) is 0 Å². The lowest BCUT2D eigenvalue weighted by Crippen LogP contribution is -2.45. The predicted molar refractivity (Wildman–Crippen MR) is 73.4 cm³/mol. The molecule has 0 aliphatic carbocycles. The lowest BCUT2D eigenvalue weighted by Gasteiger charge is -2.17. The Morgan fingerprint density at radius 3 is 2.40 bits per heavy atom. The minimum atomic E-state index is -1.02. The number of aliphatic carboxylic acids is 1.